The Labute approximate surface area is 286 Å². The van der Waals surface area contributed by atoms with Crippen molar-refractivity contribution in [3.8, 4) is 0 Å². The van der Waals surface area contributed by atoms with Crippen molar-refractivity contribution in [3.63, 3.8) is 0 Å². The maximum absolute atomic E-state index is 13.9. The molecule has 0 radical (unpaired) electrons. The van der Waals surface area contributed by atoms with E-state index in [2.05, 4.69) is 21.3 Å². The number of carbonyl (C=O) groups excluding carboxylic acids is 3. The van der Waals surface area contributed by atoms with Gasteiger partial charge in [0.2, 0.25) is 17.7 Å². The van der Waals surface area contributed by atoms with Gasteiger partial charge in [-0.15, -0.1) is 0 Å². The zero-order valence-corrected chi connectivity index (χ0v) is 28.3. The van der Waals surface area contributed by atoms with Crippen LogP contribution >= 0.6 is 0 Å². The molecule has 0 bridgehead atoms. The number of nitrogen functional groups attached to an aromatic ring is 1. The summed E-state index contributed by atoms with van der Waals surface area (Å²) in [6.07, 6.45) is 6.17. The summed E-state index contributed by atoms with van der Waals surface area (Å²) in [7, 11) is 1.44. The Kier molecular flexibility index (Phi) is 10.6. The fourth-order valence-electron chi connectivity index (χ4n) is 6.54. The summed E-state index contributed by atoms with van der Waals surface area (Å²) in [5.41, 5.74) is 17.3. The first kappa shape index (κ1) is 35.0. The number of aliphatic imine (C=N–C) groups is 1. The third-order valence-electron chi connectivity index (χ3n) is 9.40. The molecule has 2 aromatic rings. The molecule has 3 amide bonds. The second-order valence-electron chi connectivity index (χ2n) is 13.0. The molecule has 13 nitrogen and oxygen atoms in total. The van der Waals surface area contributed by atoms with E-state index >= 15 is 0 Å². The minimum atomic E-state index is -0.691. The van der Waals surface area contributed by atoms with Crippen molar-refractivity contribution >= 4 is 58.9 Å². The number of amides is 3. The summed E-state index contributed by atoms with van der Waals surface area (Å²) < 4.78 is 4.90. The Balaban J connectivity index is 1.18. The van der Waals surface area contributed by atoms with Crippen molar-refractivity contribution in [2.24, 2.45) is 16.1 Å². The first-order valence-electron chi connectivity index (χ1n) is 16.5. The predicted octanol–water partition coefficient (Wildman–Crippen LogP) is 3.49. The highest BCUT2D eigenvalue weighted by atomic mass is 16.6. The van der Waals surface area contributed by atoms with E-state index in [1.165, 1.54) is 7.05 Å². The van der Waals surface area contributed by atoms with Crippen LogP contribution in [0.3, 0.4) is 0 Å². The molecule has 2 saturated heterocycles. The van der Waals surface area contributed by atoms with Crippen molar-refractivity contribution in [2.45, 2.75) is 39.2 Å². The van der Waals surface area contributed by atoms with E-state index in [4.69, 9.17) is 27.0 Å². The van der Waals surface area contributed by atoms with E-state index in [1.54, 1.807) is 29.3 Å². The average Bonchev–Trinajstić information content (AvgIpc) is 3.66. The van der Waals surface area contributed by atoms with Gasteiger partial charge in [0.15, 0.2) is 0 Å². The number of alkyl carbamates (subject to hydrolysis) is 1. The number of benzene rings is 2. The number of carbonyl (C=O) groups is 3. The maximum atomic E-state index is 13.9. The highest BCUT2D eigenvalue weighted by Gasteiger charge is 2.51. The lowest BCUT2D eigenvalue weighted by atomic mass is 9.85. The van der Waals surface area contributed by atoms with Gasteiger partial charge in [0, 0.05) is 79.8 Å². The molecule has 1 atom stereocenters. The van der Waals surface area contributed by atoms with Crippen molar-refractivity contribution in [2.75, 3.05) is 56.9 Å². The Morgan fingerprint density at radius 1 is 1.12 bits per heavy atom. The topological polar surface area (TPSA) is 194 Å². The fourth-order valence-corrected chi connectivity index (χ4v) is 6.54. The maximum Gasteiger partial charge on any atom is 0.413 e. The number of anilines is 2. The van der Waals surface area contributed by atoms with Crippen LogP contribution in [0.25, 0.3) is 11.3 Å². The lowest BCUT2D eigenvalue weighted by Crippen LogP contribution is -2.43. The summed E-state index contributed by atoms with van der Waals surface area (Å²) >= 11 is 0. The van der Waals surface area contributed by atoms with Gasteiger partial charge in [-0.05, 0) is 81.1 Å². The van der Waals surface area contributed by atoms with E-state index < -0.39 is 11.5 Å². The molecule has 0 aromatic heterocycles. The van der Waals surface area contributed by atoms with Crippen LogP contribution in [0.5, 0.6) is 0 Å². The average molecular weight is 668 g/mol. The van der Waals surface area contributed by atoms with Gasteiger partial charge in [-0.2, -0.15) is 0 Å². The first-order valence-corrected chi connectivity index (χ1v) is 16.5. The van der Waals surface area contributed by atoms with E-state index in [-0.39, 0.29) is 30.3 Å². The second-order valence-corrected chi connectivity index (χ2v) is 13.0. The number of nitrogens with one attached hydrogen (secondary N) is 3. The molecule has 5 rings (SSSR count). The Morgan fingerprint density at radius 2 is 1.86 bits per heavy atom. The Bertz CT molecular complexity index is 1730. The zero-order chi connectivity index (χ0) is 35.3. The Morgan fingerprint density at radius 3 is 2.51 bits per heavy atom. The highest BCUT2D eigenvalue weighted by molar-refractivity contribution is 6.11. The molecule has 49 heavy (non-hydrogen) atoms. The van der Waals surface area contributed by atoms with Crippen molar-refractivity contribution in [1.29, 1.82) is 10.8 Å². The van der Waals surface area contributed by atoms with Crippen LogP contribution in [0, 0.1) is 16.2 Å². The van der Waals surface area contributed by atoms with Gasteiger partial charge < -0.3 is 36.7 Å². The molecule has 1 spiro atoms. The Hall–Kier alpha value is -5.30. The molecule has 0 unspecified atom stereocenters. The van der Waals surface area contributed by atoms with Crippen LogP contribution in [0.15, 0.2) is 59.1 Å². The van der Waals surface area contributed by atoms with Crippen LogP contribution < -0.4 is 21.7 Å². The molecule has 3 aliphatic heterocycles. The lowest BCUT2D eigenvalue weighted by Gasteiger charge is -2.29. The van der Waals surface area contributed by atoms with Gasteiger partial charge in [-0.3, -0.25) is 24.9 Å². The molecule has 2 aromatic carbocycles. The third kappa shape index (κ3) is 7.72. The number of rotatable bonds is 9. The molecule has 7 N–H and O–H groups in total. The predicted molar refractivity (Wildman–Crippen MR) is 193 cm³/mol. The van der Waals surface area contributed by atoms with Gasteiger partial charge in [0.25, 0.3) is 0 Å². The first-order chi connectivity index (χ1) is 23.4. The number of ether oxygens (including phenoxy) is 1. The third-order valence-corrected chi connectivity index (χ3v) is 9.40. The van der Waals surface area contributed by atoms with Crippen LogP contribution in [0.4, 0.5) is 16.2 Å². The van der Waals surface area contributed by atoms with Gasteiger partial charge in [0.05, 0.1) is 17.7 Å². The lowest BCUT2D eigenvalue weighted by molar-refractivity contribution is -0.132. The van der Waals surface area contributed by atoms with E-state index in [0.717, 1.165) is 17.4 Å². The fraction of sp³-hybridized carbons (Fsp3) is 0.389. The van der Waals surface area contributed by atoms with Crippen LogP contribution in [-0.4, -0.2) is 98.4 Å². The molecular weight excluding hydrogens is 622 g/mol. The number of hydrogen-bond acceptors (Lipinski definition) is 10. The summed E-state index contributed by atoms with van der Waals surface area (Å²) in [6.45, 7) is 6.98. The largest absolute Gasteiger partial charge is 0.413 e. The standard InChI is InChI=1S/C36H45N9O4/c1-23(2)42-20-27(19-37)32(39)29-18-28(8-9-30(29)38)45-17-13-36(34(45)47)12-16-43(22-36)21-31(46)44-14-10-25(11-15-44)24-4-6-26(7-5-24)33(40)49-35(48)41-3/h4-10,18-20,23,37,40H,11-17,21-22,38-39H2,1-3H3,(H,41,48)/t36-/m0/s1. The number of nitrogens with zero attached hydrogens (tertiary/aromatic N) is 4. The number of hydrogen-bond donors (Lipinski definition) is 5. The smallest absolute Gasteiger partial charge is 0.398 e. The quantitative estimate of drug-likeness (QED) is 0.153. The molecule has 258 valence electrons. The van der Waals surface area contributed by atoms with E-state index in [9.17, 15) is 14.4 Å². The monoisotopic (exact) mass is 667 g/mol. The van der Waals surface area contributed by atoms with Gasteiger partial charge in [0.1, 0.15) is 0 Å². The van der Waals surface area contributed by atoms with E-state index in [0.29, 0.717) is 85.8 Å². The van der Waals surface area contributed by atoms with Gasteiger partial charge in [-0.25, -0.2) is 4.79 Å². The summed E-state index contributed by atoms with van der Waals surface area (Å²) in [5, 5.41) is 18.1. The molecule has 0 aliphatic carbocycles. The van der Waals surface area contributed by atoms with Crippen molar-refractivity contribution in [1.82, 2.24) is 15.1 Å². The van der Waals surface area contributed by atoms with Gasteiger partial charge in [-0.1, -0.05) is 18.2 Å². The molecular formula is C36H45N9O4. The number of nitrogens with two attached hydrogens (primary N) is 2. The normalized spacial score (nSPS) is 20.2. The van der Waals surface area contributed by atoms with Crippen molar-refractivity contribution in [3.05, 3.63) is 70.8 Å². The van der Waals surface area contributed by atoms with Gasteiger partial charge >= 0.3 is 6.09 Å². The number of allylic oxidation sites excluding steroid dienone is 1. The van der Waals surface area contributed by atoms with Crippen molar-refractivity contribution < 1.29 is 19.1 Å². The minimum Gasteiger partial charge on any atom is -0.398 e. The minimum absolute atomic E-state index is 0.0400. The second kappa shape index (κ2) is 14.9. The molecule has 3 aliphatic rings. The molecule has 13 heteroatoms. The molecule has 3 heterocycles. The SMILES string of the molecule is CNC(=O)OC(=N)c1ccc(C2=CCN(C(=O)CN3CC[C@]4(CCN(c5ccc(N)c(C(N)=C(C=N)C=NC(C)C)c5)C4=O)C3)CC2)cc1. The number of likely N-dealkylation sites (tertiary alicyclic amines) is 1. The zero-order valence-electron chi connectivity index (χ0n) is 28.3. The van der Waals surface area contributed by atoms with Crippen LogP contribution in [-0.2, 0) is 14.3 Å². The summed E-state index contributed by atoms with van der Waals surface area (Å²) in [6, 6.07) is 12.7. The van der Waals surface area contributed by atoms with E-state index in [1.807, 2.05) is 43.0 Å². The summed E-state index contributed by atoms with van der Waals surface area (Å²) in [5.74, 6) is -0.144. The molecule has 2 fully saturated rings. The van der Waals surface area contributed by atoms with Crippen LogP contribution in [0.2, 0.25) is 0 Å². The van der Waals surface area contributed by atoms with Crippen LogP contribution in [0.1, 0.15) is 49.8 Å². The highest BCUT2D eigenvalue weighted by Crippen LogP contribution is 2.43. The molecule has 0 saturated carbocycles. The summed E-state index contributed by atoms with van der Waals surface area (Å²) in [4.78, 5) is 48.7.